The number of pyridine rings is 1. The molecule has 3 aliphatic rings. The molecule has 0 amide bonds. The van der Waals surface area contributed by atoms with Crippen LogP contribution in [0.3, 0.4) is 0 Å². The van der Waals surface area contributed by atoms with Crippen molar-refractivity contribution in [3.63, 3.8) is 0 Å². The van der Waals surface area contributed by atoms with Gasteiger partial charge in [-0.3, -0.25) is 4.98 Å². The third-order valence-electron chi connectivity index (χ3n) is 8.66. The molecule has 0 radical (unpaired) electrons. The van der Waals surface area contributed by atoms with Crippen LogP contribution in [0.1, 0.15) is 97.6 Å². The summed E-state index contributed by atoms with van der Waals surface area (Å²) in [6, 6.07) is 7.25. The van der Waals surface area contributed by atoms with Crippen molar-refractivity contribution in [1.29, 1.82) is 0 Å². The van der Waals surface area contributed by atoms with Gasteiger partial charge in [0.2, 0.25) is 0 Å². The van der Waals surface area contributed by atoms with Gasteiger partial charge < -0.3 is 15.7 Å². The third-order valence-corrected chi connectivity index (χ3v) is 8.66. The summed E-state index contributed by atoms with van der Waals surface area (Å²) in [4.78, 5) is 6.29. The van der Waals surface area contributed by atoms with Gasteiger partial charge in [-0.1, -0.05) is 32.6 Å². The Balaban J connectivity index is 1.37. The van der Waals surface area contributed by atoms with E-state index in [1.54, 1.807) is 0 Å². The Bertz CT molecular complexity index is 1490. The molecule has 1 fully saturated rings. The van der Waals surface area contributed by atoms with Gasteiger partial charge >= 0.3 is 5.92 Å². The average molecular weight is 532 g/mol. The minimum Gasteiger partial charge on any atom is -0.506 e. The van der Waals surface area contributed by atoms with Crippen LogP contribution in [-0.4, -0.2) is 31.3 Å². The number of benzene rings is 1. The first-order valence-corrected chi connectivity index (χ1v) is 13.8. The Morgan fingerprint density at radius 1 is 1.15 bits per heavy atom. The van der Waals surface area contributed by atoms with E-state index in [4.69, 9.17) is 10.8 Å². The number of allylic oxidation sites excluding steroid dienone is 1. The number of nitrogen functional groups attached to an aromatic ring is 1. The number of hydrogen-bond acceptors (Lipinski definition) is 5. The highest BCUT2D eigenvalue weighted by atomic mass is 19.3. The van der Waals surface area contributed by atoms with Crippen molar-refractivity contribution in [2.75, 3.05) is 12.3 Å². The van der Waals surface area contributed by atoms with E-state index in [2.05, 4.69) is 36.0 Å². The molecular weight excluding hydrogens is 496 g/mol. The van der Waals surface area contributed by atoms with E-state index in [1.807, 2.05) is 16.8 Å². The van der Waals surface area contributed by atoms with Crippen LogP contribution < -0.4 is 5.73 Å². The predicted molar refractivity (Wildman–Crippen MR) is 149 cm³/mol. The zero-order chi connectivity index (χ0) is 27.6. The minimum atomic E-state index is -3.25. The SMILES string of the molecule is C=C(c1cnc(C(F)(F)C(=C)C)cc1N)N1CCc2c3c(nn2-c2ccc(C4CC4)cc2O)C(C)CCCC31. The molecule has 6 rings (SSSR count). The molecule has 2 aromatic heterocycles. The first-order chi connectivity index (χ1) is 18.6. The van der Waals surface area contributed by atoms with Gasteiger partial charge in [0.1, 0.15) is 17.1 Å². The monoisotopic (exact) mass is 531 g/mol. The van der Waals surface area contributed by atoms with Crippen molar-refractivity contribution in [3.8, 4) is 11.4 Å². The molecule has 1 saturated carbocycles. The molecule has 2 unspecified atom stereocenters. The maximum atomic E-state index is 14.5. The second-order valence-corrected chi connectivity index (χ2v) is 11.4. The van der Waals surface area contributed by atoms with Crippen LogP contribution in [0.4, 0.5) is 14.5 Å². The normalized spacial score (nSPS) is 20.9. The number of halogens is 2. The molecule has 1 aliphatic heterocycles. The molecule has 1 aromatic carbocycles. The van der Waals surface area contributed by atoms with Crippen LogP contribution in [0, 0.1) is 0 Å². The maximum Gasteiger partial charge on any atom is 0.310 e. The average Bonchev–Trinajstić information content (AvgIpc) is 3.70. The van der Waals surface area contributed by atoms with Gasteiger partial charge in [-0.05, 0) is 67.9 Å². The van der Waals surface area contributed by atoms with Crippen LogP contribution in [0.5, 0.6) is 5.75 Å². The van der Waals surface area contributed by atoms with E-state index in [9.17, 15) is 13.9 Å². The van der Waals surface area contributed by atoms with E-state index in [-0.39, 0.29) is 29.0 Å². The maximum absolute atomic E-state index is 14.5. The minimum absolute atomic E-state index is 0.0266. The molecule has 0 spiro atoms. The number of alkyl halides is 2. The lowest BCUT2D eigenvalue weighted by molar-refractivity contribution is 0.0338. The summed E-state index contributed by atoms with van der Waals surface area (Å²) in [5.41, 5.74) is 12.3. The Hall–Kier alpha value is -3.68. The summed E-state index contributed by atoms with van der Waals surface area (Å²) in [6.07, 6.45) is 7.43. The van der Waals surface area contributed by atoms with Crippen LogP contribution in [0.25, 0.3) is 11.4 Å². The molecule has 2 atom stereocenters. The number of aromatic nitrogens is 3. The second-order valence-electron chi connectivity index (χ2n) is 11.4. The molecule has 204 valence electrons. The van der Waals surface area contributed by atoms with Gasteiger partial charge in [0.25, 0.3) is 0 Å². The van der Waals surface area contributed by atoms with E-state index < -0.39 is 11.6 Å². The predicted octanol–water partition coefficient (Wildman–Crippen LogP) is 6.96. The molecule has 0 bridgehead atoms. The van der Waals surface area contributed by atoms with Gasteiger partial charge in [0, 0.05) is 47.6 Å². The first-order valence-electron chi connectivity index (χ1n) is 13.8. The Morgan fingerprint density at radius 2 is 1.92 bits per heavy atom. The molecule has 39 heavy (non-hydrogen) atoms. The van der Waals surface area contributed by atoms with E-state index in [0.717, 1.165) is 30.7 Å². The summed E-state index contributed by atoms with van der Waals surface area (Å²) in [6.45, 7) is 11.9. The first kappa shape index (κ1) is 25.6. The number of hydrogen-bond donors (Lipinski definition) is 2. The number of phenolic OH excluding ortho intramolecular Hbond substituents is 1. The number of nitrogens with two attached hydrogens (primary N) is 1. The van der Waals surface area contributed by atoms with E-state index in [0.29, 0.717) is 35.8 Å². The molecule has 3 aromatic rings. The summed E-state index contributed by atoms with van der Waals surface area (Å²) in [7, 11) is 0. The van der Waals surface area contributed by atoms with Gasteiger partial charge in [-0.15, -0.1) is 0 Å². The quantitative estimate of drug-likeness (QED) is 0.336. The highest BCUT2D eigenvalue weighted by molar-refractivity contribution is 5.73. The number of aromatic hydroxyl groups is 1. The highest BCUT2D eigenvalue weighted by Crippen LogP contribution is 2.47. The summed E-state index contributed by atoms with van der Waals surface area (Å²) in [5.74, 6) is -2.15. The van der Waals surface area contributed by atoms with Gasteiger partial charge in [-0.25, -0.2) is 4.68 Å². The fraction of sp³-hybridized carbons (Fsp3) is 0.419. The zero-order valence-corrected chi connectivity index (χ0v) is 22.6. The van der Waals surface area contributed by atoms with Crippen molar-refractivity contribution in [2.45, 2.75) is 76.2 Å². The van der Waals surface area contributed by atoms with Crippen molar-refractivity contribution >= 4 is 11.4 Å². The van der Waals surface area contributed by atoms with Crippen molar-refractivity contribution in [3.05, 3.63) is 83.0 Å². The fourth-order valence-electron chi connectivity index (χ4n) is 6.21. The van der Waals surface area contributed by atoms with Crippen LogP contribution in [0.2, 0.25) is 0 Å². The highest BCUT2D eigenvalue weighted by Gasteiger charge is 2.39. The summed E-state index contributed by atoms with van der Waals surface area (Å²) >= 11 is 0. The molecule has 3 N–H and O–H groups in total. The fourth-order valence-corrected chi connectivity index (χ4v) is 6.21. The molecular formula is C31H35F2N5O. The van der Waals surface area contributed by atoms with E-state index >= 15 is 0 Å². The Kier molecular flexibility index (Phi) is 6.04. The van der Waals surface area contributed by atoms with Crippen LogP contribution in [-0.2, 0) is 12.3 Å². The standard InChI is InChI=1S/C31H35F2N5O/c1-17(2)31(32,33)28-15-23(34)22(16-35-28)19(4)37-13-12-26-29-25(37)7-5-6-18(3)30(29)36-38(26)24-11-10-21(14-27(24)39)20-8-9-20/h10-11,14-16,18,20,25,39H,1,4-9,12-13H2,2-3H3,(H2,34,35). The van der Waals surface area contributed by atoms with Crippen LogP contribution in [0.15, 0.2) is 49.2 Å². The molecule has 8 heteroatoms. The van der Waals surface area contributed by atoms with Crippen molar-refractivity contribution in [1.82, 2.24) is 19.7 Å². The number of phenols is 1. The van der Waals surface area contributed by atoms with Crippen molar-refractivity contribution < 1.29 is 13.9 Å². The second kappa shape index (κ2) is 9.21. The lowest BCUT2D eigenvalue weighted by Gasteiger charge is -2.39. The topological polar surface area (TPSA) is 80.2 Å². The van der Waals surface area contributed by atoms with Gasteiger partial charge in [0.15, 0.2) is 0 Å². The van der Waals surface area contributed by atoms with Crippen molar-refractivity contribution in [2.24, 2.45) is 0 Å². The number of rotatable bonds is 6. The number of anilines is 1. The Labute approximate surface area is 227 Å². The summed E-state index contributed by atoms with van der Waals surface area (Å²) < 4.78 is 31.0. The lowest BCUT2D eigenvalue weighted by Crippen LogP contribution is -2.34. The van der Waals surface area contributed by atoms with Gasteiger partial charge in [-0.2, -0.15) is 13.9 Å². The zero-order valence-electron chi connectivity index (χ0n) is 22.6. The van der Waals surface area contributed by atoms with Gasteiger partial charge in [0.05, 0.1) is 17.4 Å². The molecule has 2 aliphatic carbocycles. The molecule has 0 saturated heterocycles. The molecule has 6 nitrogen and oxygen atoms in total. The summed E-state index contributed by atoms with van der Waals surface area (Å²) in [5, 5.41) is 16.1. The third kappa shape index (κ3) is 4.21. The largest absolute Gasteiger partial charge is 0.506 e. The number of nitrogens with zero attached hydrogens (tertiary/aromatic N) is 4. The Morgan fingerprint density at radius 3 is 2.59 bits per heavy atom. The molecule has 3 heterocycles. The smallest absolute Gasteiger partial charge is 0.310 e. The van der Waals surface area contributed by atoms with Crippen LogP contribution >= 0.6 is 0 Å². The van der Waals surface area contributed by atoms with E-state index in [1.165, 1.54) is 43.2 Å². The lowest BCUT2D eigenvalue weighted by atomic mass is 9.91.